The minimum absolute atomic E-state index is 0.0703. The lowest BCUT2D eigenvalue weighted by Crippen LogP contribution is -2.58. The van der Waals surface area contributed by atoms with Gasteiger partial charge < -0.3 is 26.0 Å². The summed E-state index contributed by atoms with van der Waals surface area (Å²) in [7, 11) is 0. The molecule has 2 fully saturated rings. The van der Waals surface area contributed by atoms with Gasteiger partial charge in [-0.05, 0) is 68.7 Å². The third-order valence-electron chi connectivity index (χ3n) is 9.34. The van der Waals surface area contributed by atoms with E-state index >= 15 is 0 Å². The predicted molar refractivity (Wildman–Crippen MR) is 158 cm³/mol. The molecule has 1 aliphatic carbocycles. The number of pyridine rings is 1. The predicted octanol–water partition coefficient (Wildman–Crippen LogP) is 3.29. The molecule has 0 saturated carbocycles. The zero-order valence-corrected chi connectivity index (χ0v) is 24.6. The SMILES string of the molecule is CC1=C(CC(N)=NC(=O)CN2C(=O)C(CC3CCOCC3)NCC2c2cc(F)cc(F)c2)CC2(C1)C(=O)Nc1ncccc12. The number of allylic oxidation sites excluding steroid dienone is 1. The number of hydrogen-bond acceptors (Lipinski definition) is 6. The van der Waals surface area contributed by atoms with Crippen LogP contribution in [0, 0.1) is 17.6 Å². The second kappa shape index (κ2) is 12.2. The van der Waals surface area contributed by atoms with Gasteiger partial charge in [0.1, 0.15) is 29.8 Å². The third-order valence-corrected chi connectivity index (χ3v) is 9.34. The highest BCUT2D eigenvalue weighted by Crippen LogP contribution is 2.50. The number of amides is 3. The summed E-state index contributed by atoms with van der Waals surface area (Å²) in [6, 6.07) is 5.51. The molecule has 1 spiro atoms. The summed E-state index contributed by atoms with van der Waals surface area (Å²) < 4.78 is 33.8. The molecule has 12 heteroatoms. The zero-order chi connectivity index (χ0) is 31.0. The van der Waals surface area contributed by atoms with Crippen LogP contribution in [0.4, 0.5) is 14.6 Å². The molecule has 0 radical (unpaired) electrons. The topological polar surface area (TPSA) is 139 Å². The number of hydrogen-bond donors (Lipinski definition) is 3. The van der Waals surface area contributed by atoms with E-state index < -0.39 is 41.6 Å². The van der Waals surface area contributed by atoms with Gasteiger partial charge in [0.05, 0.1) is 17.5 Å². The van der Waals surface area contributed by atoms with E-state index in [1.54, 1.807) is 12.3 Å². The molecule has 4 N–H and O–H groups in total. The lowest BCUT2D eigenvalue weighted by molar-refractivity contribution is -0.143. The van der Waals surface area contributed by atoms with Crippen molar-refractivity contribution in [3.05, 3.63) is 70.4 Å². The Morgan fingerprint density at radius 1 is 1.18 bits per heavy atom. The quantitative estimate of drug-likeness (QED) is 0.250. The number of halogens is 2. The molecule has 44 heavy (non-hydrogen) atoms. The molecule has 6 rings (SSSR count). The number of nitrogens with one attached hydrogen (secondary N) is 2. The summed E-state index contributed by atoms with van der Waals surface area (Å²) in [4.78, 5) is 49.8. The number of anilines is 1. The average Bonchev–Trinajstić information content (AvgIpc) is 3.45. The second-order valence-corrected chi connectivity index (χ2v) is 12.3. The Hall–Kier alpha value is -4.03. The molecule has 4 aliphatic rings. The van der Waals surface area contributed by atoms with E-state index in [0.717, 1.165) is 35.6 Å². The Kier molecular flexibility index (Phi) is 8.30. The number of amidine groups is 1. The number of piperazine rings is 1. The van der Waals surface area contributed by atoms with Crippen LogP contribution in [0.1, 0.15) is 62.6 Å². The van der Waals surface area contributed by atoms with E-state index in [-0.39, 0.29) is 42.1 Å². The number of nitrogens with two attached hydrogens (primary N) is 1. The van der Waals surface area contributed by atoms with Crippen molar-refractivity contribution in [1.82, 2.24) is 15.2 Å². The number of rotatable bonds is 7. The largest absolute Gasteiger partial charge is 0.387 e. The monoisotopic (exact) mass is 606 g/mol. The highest BCUT2D eigenvalue weighted by atomic mass is 19.1. The van der Waals surface area contributed by atoms with Crippen molar-refractivity contribution < 1.29 is 27.9 Å². The van der Waals surface area contributed by atoms with Crippen LogP contribution in [0.25, 0.3) is 0 Å². The van der Waals surface area contributed by atoms with Crippen molar-refractivity contribution in [1.29, 1.82) is 0 Å². The molecule has 232 valence electrons. The Labute approximate surface area is 254 Å². The van der Waals surface area contributed by atoms with Crippen LogP contribution >= 0.6 is 0 Å². The van der Waals surface area contributed by atoms with Gasteiger partial charge in [0.15, 0.2) is 0 Å². The molecule has 4 heterocycles. The van der Waals surface area contributed by atoms with E-state index in [9.17, 15) is 23.2 Å². The number of benzene rings is 1. The van der Waals surface area contributed by atoms with Gasteiger partial charge in [0.25, 0.3) is 5.91 Å². The van der Waals surface area contributed by atoms with Crippen LogP contribution < -0.4 is 16.4 Å². The van der Waals surface area contributed by atoms with Gasteiger partial charge in [-0.1, -0.05) is 17.2 Å². The Balaban J connectivity index is 1.18. The van der Waals surface area contributed by atoms with Crippen LogP contribution in [0.15, 0.2) is 52.7 Å². The molecule has 1 aromatic carbocycles. The van der Waals surface area contributed by atoms with Gasteiger partial charge in [0, 0.05) is 44.0 Å². The van der Waals surface area contributed by atoms with Crippen LogP contribution in [0.5, 0.6) is 0 Å². The average molecular weight is 607 g/mol. The molecule has 2 saturated heterocycles. The van der Waals surface area contributed by atoms with Crippen LogP contribution in [-0.4, -0.2) is 65.8 Å². The van der Waals surface area contributed by atoms with Crippen LogP contribution in [-0.2, 0) is 24.5 Å². The summed E-state index contributed by atoms with van der Waals surface area (Å²) in [5.74, 6) is -1.68. The maximum atomic E-state index is 14.2. The smallest absolute Gasteiger partial charge is 0.266 e. The van der Waals surface area contributed by atoms with Crippen LogP contribution in [0.3, 0.4) is 0 Å². The highest BCUT2D eigenvalue weighted by molar-refractivity contribution is 6.06. The summed E-state index contributed by atoms with van der Waals surface area (Å²) in [5, 5.41) is 6.12. The Bertz CT molecular complexity index is 1530. The van der Waals surface area contributed by atoms with Gasteiger partial charge in [0.2, 0.25) is 11.8 Å². The number of carbonyl (C=O) groups excluding carboxylic acids is 3. The molecule has 10 nitrogen and oxygen atoms in total. The normalized spacial score (nSPS) is 26.0. The molecule has 3 atom stereocenters. The van der Waals surface area contributed by atoms with Gasteiger partial charge >= 0.3 is 0 Å². The number of nitrogens with zero attached hydrogens (tertiary/aromatic N) is 3. The number of carbonyl (C=O) groups is 3. The number of fused-ring (bicyclic) bond motifs is 2. The fourth-order valence-corrected chi connectivity index (χ4v) is 7.12. The Morgan fingerprint density at radius 2 is 1.93 bits per heavy atom. The molecular formula is C32H36F2N6O4. The summed E-state index contributed by atoms with van der Waals surface area (Å²) >= 11 is 0. The first-order valence-electron chi connectivity index (χ1n) is 15.0. The number of ether oxygens (including phenoxy) is 1. The van der Waals surface area contributed by atoms with Crippen molar-refractivity contribution in [2.24, 2.45) is 16.6 Å². The molecule has 3 unspecified atom stereocenters. The van der Waals surface area contributed by atoms with Crippen molar-refractivity contribution in [3.63, 3.8) is 0 Å². The maximum absolute atomic E-state index is 14.2. The second-order valence-electron chi connectivity index (χ2n) is 12.3. The number of aromatic nitrogens is 1. The molecule has 0 bridgehead atoms. The zero-order valence-electron chi connectivity index (χ0n) is 24.6. The highest BCUT2D eigenvalue weighted by Gasteiger charge is 2.51. The maximum Gasteiger partial charge on any atom is 0.266 e. The molecule has 2 aromatic rings. The molecule has 3 aliphatic heterocycles. The first-order chi connectivity index (χ1) is 21.1. The van der Waals surface area contributed by atoms with Crippen molar-refractivity contribution in [2.75, 3.05) is 31.6 Å². The molecule has 1 aromatic heterocycles. The van der Waals surface area contributed by atoms with Crippen LogP contribution in [0.2, 0.25) is 0 Å². The minimum Gasteiger partial charge on any atom is -0.387 e. The Morgan fingerprint density at radius 3 is 2.68 bits per heavy atom. The summed E-state index contributed by atoms with van der Waals surface area (Å²) in [5.41, 5.74) is 8.53. The van der Waals surface area contributed by atoms with E-state index in [1.165, 1.54) is 17.0 Å². The van der Waals surface area contributed by atoms with Crippen molar-refractivity contribution in [3.8, 4) is 0 Å². The van der Waals surface area contributed by atoms with E-state index in [2.05, 4.69) is 20.6 Å². The lowest BCUT2D eigenvalue weighted by Gasteiger charge is -2.41. The van der Waals surface area contributed by atoms with Gasteiger partial charge in [-0.25, -0.2) is 13.8 Å². The van der Waals surface area contributed by atoms with E-state index in [1.807, 2.05) is 13.0 Å². The van der Waals surface area contributed by atoms with Crippen molar-refractivity contribution in [2.45, 2.75) is 62.9 Å². The van der Waals surface area contributed by atoms with Gasteiger partial charge in [-0.15, -0.1) is 0 Å². The summed E-state index contributed by atoms with van der Waals surface area (Å²) in [6.45, 7) is 3.05. The minimum atomic E-state index is -0.770. The van der Waals surface area contributed by atoms with Gasteiger partial charge in [-0.3, -0.25) is 14.4 Å². The van der Waals surface area contributed by atoms with E-state index in [4.69, 9.17) is 10.5 Å². The lowest BCUT2D eigenvalue weighted by atomic mass is 9.78. The summed E-state index contributed by atoms with van der Waals surface area (Å²) in [6.07, 6.45) is 5.03. The fourth-order valence-electron chi connectivity index (χ4n) is 7.12. The number of aliphatic imine (C=N–C) groups is 1. The van der Waals surface area contributed by atoms with E-state index in [0.29, 0.717) is 38.3 Å². The molecular weight excluding hydrogens is 570 g/mol. The third kappa shape index (κ3) is 5.88. The van der Waals surface area contributed by atoms with Gasteiger partial charge in [-0.2, -0.15) is 4.99 Å². The fraction of sp³-hybridized carbons (Fsp3) is 0.469. The van der Waals surface area contributed by atoms with Crippen molar-refractivity contribution >= 4 is 29.4 Å². The first-order valence-corrected chi connectivity index (χ1v) is 15.0. The standard InChI is InChI=1S/C32H36F2N6O4/c1-18-14-32(24-3-2-6-36-29(24)39-31(32)43)15-21(18)12-27(35)38-28(41)17-40-26(20-10-22(33)13-23(34)11-20)16-37-25(30(40)42)9-19-4-7-44-8-5-19/h2-3,6,10-11,13,19,25-26,37H,4-5,7-9,12,14-17H2,1H3,(H2,35,38,41)(H,36,39,43). The first kappa shape index (κ1) is 30.0. The molecule has 3 amide bonds.